The van der Waals surface area contributed by atoms with Crippen LogP contribution in [0.1, 0.15) is 19.8 Å². The second kappa shape index (κ2) is 5.64. The molecule has 0 fully saturated rings. The molecule has 2 rings (SSSR count). The second-order valence-electron chi connectivity index (χ2n) is 4.30. The second-order valence-corrected chi connectivity index (χ2v) is 4.30. The van der Waals surface area contributed by atoms with Gasteiger partial charge in [-0.05, 0) is 38.0 Å². The summed E-state index contributed by atoms with van der Waals surface area (Å²) in [5.41, 5.74) is 1.01. The summed E-state index contributed by atoms with van der Waals surface area (Å²) >= 11 is 0. The first-order valence-corrected chi connectivity index (χ1v) is 6.03. The van der Waals surface area contributed by atoms with Crippen molar-refractivity contribution in [1.82, 2.24) is 4.98 Å². The molecule has 0 radical (unpaired) electrons. The predicted octanol–water partition coefficient (Wildman–Crippen LogP) is 2.81. The quantitative estimate of drug-likeness (QED) is 0.830. The first-order valence-electron chi connectivity index (χ1n) is 6.03. The minimum Gasteiger partial charge on any atom is -0.396 e. The molecule has 1 aromatic heterocycles. The number of aliphatic hydroxyl groups is 1. The lowest BCUT2D eigenvalue weighted by Crippen LogP contribution is -2.16. The lowest BCUT2D eigenvalue weighted by Gasteiger charge is -2.14. The van der Waals surface area contributed by atoms with E-state index >= 15 is 0 Å². The largest absolute Gasteiger partial charge is 0.396 e. The van der Waals surface area contributed by atoms with E-state index in [9.17, 15) is 0 Å². The molecule has 3 nitrogen and oxygen atoms in total. The summed E-state index contributed by atoms with van der Waals surface area (Å²) in [6, 6.07) is 12.5. The van der Waals surface area contributed by atoms with Gasteiger partial charge in [-0.1, -0.05) is 18.2 Å². The van der Waals surface area contributed by atoms with Gasteiger partial charge in [0.05, 0.1) is 5.52 Å². The number of benzene rings is 1. The zero-order chi connectivity index (χ0) is 12.1. The van der Waals surface area contributed by atoms with E-state index < -0.39 is 0 Å². The SMILES string of the molecule is CC(CCCO)Nc1ccc2ccccc2n1. The lowest BCUT2D eigenvalue weighted by molar-refractivity contribution is 0.282. The van der Waals surface area contributed by atoms with Crippen LogP contribution in [-0.4, -0.2) is 22.7 Å². The van der Waals surface area contributed by atoms with Crippen LogP contribution in [0.4, 0.5) is 5.82 Å². The van der Waals surface area contributed by atoms with Gasteiger partial charge in [0.2, 0.25) is 0 Å². The number of rotatable bonds is 5. The fraction of sp³-hybridized carbons (Fsp3) is 0.357. The average molecular weight is 230 g/mol. The highest BCUT2D eigenvalue weighted by Crippen LogP contribution is 2.15. The van der Waals surface area contributed by atoms with Gasteiger partial charge in [-0.3, -0.25) is 0 Å². The summed E-state index contributed by atoms with van der Waals surface area (Å²) < 4.78 is 0. The topological polar surface area (TPSA) is 45.1 Å². The van der Waals surface area contributed by atoms with Crippen LogP contribution in [0.15, 0.2) is 36.4 Å². The Morgan fingerprint density at radius 1 is 1.24 bits per heavy atom. The van der Waals surface area contributed by atoms with Gasteiger partial charge in [0, 0.05) is 18.0 Å². The van der Waals surface area contributed by atoms with Crippen LogP contribution in [0, 0.1) is 0 Å². The van der Waals surface area contributed by atoms with Crippen LogP contribution >= 0.6 is 0 Å². The lowest BCUT2D eigenvalue weighted by atomic mass is 10.2. The number of pyridine rings is 1. The number of nitrogens with one attached hydrogen (secondary N) is 1. The predicted molar refractivity (Wildman–Crippen MR) is 71.1 cm³/mol. The molecule has 1 heterocycles. The van der Waals surface area contributed by atoms with Crippen LogP contribution in [0.5, 0.6) is 0 Å². The third kappa shape index (κ3) is 3.17. The zero-order valence-electron chi connectivity index (χ0n) is 10.1. The number of anilines is 1. The Kier molecular flexibility index (Phi) is 3.94. The molecule has 3 heteroatoms. The van der Waals surface area contributed by atoms with Gasteiger partial charge < -0.3 is 10.4 Å². The van der Waals surface area contributed by atoms with Gasteiger partial charge in [-0.2, -0.15) is 0 Å². The third-order valence-corrected chi connectivity index (χ3v) is 2.79. The van der Waals surface area contributed by atoms with Crippen molar-refractivity contribution in [2.45, 2.75) is 25.8 Å². The molecular formula is C14H18N2O. The van der Waals surface area contributed by atoms with Crippen LogP contribution in [0.2, 0.25) is 0 Å². The van der Waals surface area contributed by atoms with Gasteiger partial charge in [0.25, 0.3) is 0 Å². The van der Waals surface area contributed by atoms with Gasteiger partial charge in [-0.15, -0.1) is 0 Å². The molecule has 0 aliphatic rings. The number of aliphatic hydroxyl groups excluding tert-OH is 1. The molecule has 2 N–H and O–H groups in total. The highest BCUT2D eigenvalue weighted by molar-refractivity contribution is 5.80. The zero-order valence-corrected chi connectivity index (χ0v) is 10.1. The first kappa shape index (κ1) is 11.9. The van der Waals surface area contributed by atoms with Crippen molar-refractivity contribution in [3.05, 3.63) is 36.4 Å². The van der Waals surface area contributed by atoms with Gasteiger partial charge in [0.1, 0.15) is 5.82 Å². The Labute approximate surface area is 102 Å². The number of hydrogen-bond donors (Lipinski definition) is 2. The van der Waals surface area contributed by atoms with Crippen molar-refractivity contribution >= 4 is 16.7 Å². The van der Waals surface area contributed by atoms with E-state index in [4.69, 9.17) is 5.11 Å². The molecule has 0 amide bonds. The van der Waals surface area contributed by atoms with Crippen LogP contribution in [0.3, 0.4) is 0 Å². The smallest absolute Gasteiger partial charge is 0.126 e. The van der Waals surface area contributed by atoms with Crippen molar-refractivity contribution in [2.24, 2.45) is 0 Å². The molecule has 1 aromatic carbocycles. The molecule has 0 aliphatic carbocycles. The highest BCUT2D eigenvalue weighted by Gasteiger charge is 2.03. The standard InChI is InChI=1S/C14H18N2O/c1-11(5-4-10-17)15-14-9-8-12-6-2-3-7-13(12)16-14/h2-3,6-9,11,17H,4-5,10H2,1H3,(H,15,16). The maximum absolute atomic E-state index is 8.78. The van der Waals surface area contributed by atoms with E-state index in [0.29, 0.717) is 6.04 Å². The number of para-hydroxylation sites is 1. The number of fused-ring (bicyclic) bond motifs is 1. The molecule has 17 heavy (non-hydrogen) atoms. The van der Waals surface area contributed by atoms with E-state index in [1.807, 2.05) is 24.3 Å². The molecule has 1 atom stereocenters. The maximum Gasteiger partial charge on any atom is 0.126 e. The summed E-state index contributed by atoms with van der Waals surface area (Å²) in [6.45, 7) is 2.35. The van der Waals surface area contributed by atoms with E-state index in [2.05, 4.69) is 29.4 Å². The van der Waals surface area contributed by atoms with Crippen molar-refractivity contribution in [1.29, 1.82) is 0 Å². The summed E-state index contributed by atoms with van der Waals surface area (Å²) in [5, 5.41) is 13.3. The fourth-order valence-electron chi connectivity index (χ4n) is 1.87. The number of aromatic nitrogens is 1. The number of nitrogens with zero attached hydrogens (tertiary/aromatic N) is 1. The molecular weight excluding hydrogens is 212 g/mol. The molecule has 2 aromatic rings. The average Bonchev–Trinajstić information content (AvgIpc) is 2.36. The molecule has 0 spiro atoms. The third-order valence-electron chi connectivity index (χ3n) is 2.79. The Morgan fingerprint density at radius 2 is 2.06 bits per heavy atom. The van der Waals surface area contributed by atoms with Crippen LogP contribution < -0.4 is 5.32 Å². The summed E-state index contributed by atoms with van der Waals surface area (Å²) in [7, 11) is 0. The summed E-state index contributed by atoms with van der Waals surface area (Å²) in [5.74, 6) is 0.897. The van der Waals surface area contributed by atoms with Crippen LogP contribution in [-0.2, 0) is 0 Å². The van der Waals surface area contributed by atoms with Gasteiger partial charge >= 0.3 is 0 Å². The number of hydrogen-bond acceptors (Lipinski definition) is 3. The van der Waals surface area contributed by atoms with Crippen molar-refractivity contribution in [2.75, 3.05) is 11.9 Å². The molecule has 90 valence electrons. The summed E-state index contributed by atoms with van der Waals surface area (Å²) in [4.78, 5) is 4.55. The molecule has 0 bridgehead atoms. The van der Waals surface area contributed by atoms with Crippen LogP contribution in [0.25, 0.3) is 10.9 Å². The van der Waals surface area contributed by atoms with E-state index in [1.54, 1.807) is 0 Å². The minimum atomic E-state index is 0.247. The Balaban J connectivity index is 2.08. The maximum atomic E-state index is 8.78. The van der Waals surface area contributed by atoms with Gasteiger partial charge in [0.15, 0.2) is 0 Å². The molecule has 0 saturated heterocycles. The molecule has 0 aliphatic heterocycles. The van der Waals surface area contributed by atoms with Gasteiger partial charge in [-0.25, -0.2) is 4.98 Å². The van der Waals surface area contributed by atoms with Crippen molar-refractivity contribution < 1.29 is 5.11 Å². The molecule has 1 unspecified atom stereocenters. The fourth-order valence-corrected chi connectivity index (χ4v) is 1.87. The Bertz CT molecular complexity index is 484. The van der Waals surface area contributed by atoms with E-state index in [-0.39, 0.29) is 6.61 Å². The highest BCUT2D eigenvalue weighted by atomic mass is 16.2. The van der Waals surface area contributed by atoms with Crippen molar-refractivity contribution in [3.63, 3.8) is 0 Å². The Morgan fingerprint density at radius 3 is 2.88 bits per heavy atom. The molecule has 0 saturated carbocycles. The van der Waals surface area contributed by atoms with Crippen molar-refractivity contribution in [3.8, 4) is 0 Å². The summed E-state index contributed by atoms with van der Waals surface area (Å²) in [6.07, 6.45) is 1.77. The normalized spacial score (nSPS) is 12.6. The van der Waals surface area contributed by atoms with E-state index in [0.717, 1.165) is 29.6 Å². The Hall–Kier alpha value is -1.61. The first-order chi connectivity index (χ1) is 8.29. The monoisotopic (exact) mass is 230 g/mol. The minimum absolute atomic E-state index is 0.247. The van der Waals surface area contributed by atoms with E-state index in [1.165, 1.54) is 0 Å².